The minimum Gasteiger partial charge on any atom is -0.325 e. The fourth-order valence-corrected chi connectivity index (χ4v) is 5.10. The second-order valence-corrected chi connectivity index (χ2v) is 9.99. The van der Waals surface area contributed by atoms with E-state index in [9.17, 15) is 9.59 Å². The van der Waals surface area contributed by atoms with Gasteiger partial charge in [-0.05, 0) is 48.4 Å². The van der Waals surface area contributed by atoms with Crippen LogP contribution in [0.4, 0.5) is 11.4 Å². The van der Waals surface area contributed by atoms with Gasteiger partial charge >= 0.3 is 0 Å². The number of nitrogens with zero attached hydrogens (tertiary/aromatic N) is 2. The first-order valence-corrected chi connectivity index (χ1v) is 12.4. The minimum atomic E-state index is -0.581. The van der Waals surface area contributed by atoms with Crippen molar-refractivity contribution in [3.63, 3.8) is 0 Å². The van der Waals surface area contributed by atoms with Gasteiger partial charge in [0.2, 0.25) is 11.8 Å². The summed E-state index contributed by atoms with van der Waals surface area (Å²) in [5.74, 6) is -0.354. The van der Waals surface area contributed by atoms with Crippen LogP contribution in [-0.2, 0) is 16.0 Å². The van der Waals surface area contributed by atoms with Crippen molar-refractivity contribution in [1.29, 1.82) is 0 Å². The molecule has 3 aromatic carbocycles. The molecule has 4 rings (SSSR count). The van der Waals surface area contributed by atoms with E-state index in [1.165, 1.54) is 11.8 Å². The molecule has 0 aliphatic carbocycles. The average molecular weight is 543 g/mol. The molecular weight excluding hydrogens is 522 g/mol. The van der Waals surface area contributed by atoms with Gasteiger partial charge < -0.3 is 5.32 Å². The van der Waals surface area contributed by atoms with E-state index in [2.05, 4.69) is 26.2 Å². The number of nitrogens with one attached hydrogen (secondary N) is 1. The zero-order valence-electron chi connectivity index (χ0n) is 17.6. The zero-order valence-corrected chi connectivity index (χ0v) is 20.7. The predicted octanol–water partition coefficient (Wildman–Crippen LogP) is 6.31. The Morgan fingerprint density at radius 3 is 2.64 bits per heavy atom. The number of carbonyl (C=O) groups is 2. The van der Waals surface area contributed by atoms with Crippen molar-refractivity contribution in [3.05, 3.63) is 93.9 Å². The molecule has 1 unspecified atom stereocenters. The van der Waals surface area contributed by atoms with E-state index < -0.39 is 5.25 Å². The van der Waals surface area contributed by atoms with Gasteiger partial charge in [0, 0.05) is 28.1 Å². The van der Waals surface area contributed by atoms with Crippen LogP contribution in [0.15, 0.2) is 88.3 Å². The van der Waals surface area contributed by atoms with Gasteiger partial charge in [-0.25, -0.2) is 4.99 Å². The number of hydrogen-bond acceptors (Lipinski definition) is 4. The molecule has 33 heavy (non-hydrogen) atoms. The molecule has 168 valence electrons. The zero-order chi connectivity index (χ0) is 23.2. The molecule has 1 heterocycles. The first kappa shape index (κ1) is 23.5. The summed E-state index contributed by atoms with van der Waals surface area (Å²) in [6.45, 7) is 0.481. The third-order valence-corrected chi connectivity index (χ3v) is 6.94. The highest BCUT2D eigenvalue weighted by Crippen LogP contribution is 2.31. The monoisotopic (exact) mass is 541 g/mol. The van der Waals surface area contributed by atoms with Crippen molar-refractivity contribution in [1.82, 2.24) is 4.90 Å². The van der Waals surface area contributed by atoms with Crippen LogP contribution < -0.4 is 5.32 Å². The molecule has 2 amide bonds. The van der Waals surface area contributed by atoms with Gasteiger partial charge in [-0.2, -0.15) is 0 Å². The fraction of sp³-hybridized carbons (Fsp3) is 0.160. The Labute approximate surface area is 210 Å². The van der Waals surface area contributed by atoms with Crippen LogP contribution in [0.25, 0.3) is 0 Å². The molecule has 0 saturated carbocycles. The van der Waals surface area contributed by atoms with Gasteiger partial charge in [0.15, 0.2) is 5.17 Å². The molecule has 0 aromatic heterocycles. The molecular formula is C25H21BrClN3O2S. The highest BCUT2D eigenvalue weighted by Gasteiger charge is 2.35. The van der Waals surface area contributed by atoms with Gasteiger partial charge in [-0.1, -0.05) is 81.8 Å². The van der Waals surface area contributed by atoms with Gasteiger partial charge in [-0.3, -0.25) is 14.5 Å². The van der Waals surface area contributed by atoms with Crippen LogP contribution in [0.2, 0.25) is 5.02 Å². The van der Waals surface area contributed by atoms with Crippen molar-refractivity contribution in [3.8, 4) is 0 Å². The van der Waals surface area contributed by atoms with E-state index in [0.29, 0.717) is 34.5 Å². The second-order valence-electron chi connectivity index (χ2n) is 7.47. The Balaban J connectivity index is 1.56. The molecule has 1 saturated heterocycles. The highest BCUT2D eigenvalue weighted by atomic mass is 79.9. The molecule has 3 aromatic rings. The van der Waals surface area contributed by atoms with E-state index in [1.807, 2.05) is 66.7 Å². The lowest BCUT2D eigenvalue weighted by Crippen LogP contribution is -2.46. The van der Waals surface area contributed by atoms with Gasteiger partial charge in [-0.15, -0.1) is 0 Å². The molecule has 1 aliphatic heterocycles. The normalized spacial score (nSPS) is 17.3. The summed E-state index contributed by atoms with van der Waals surface area (Å²) < 4.78 is 0.864. The summed E-state index contributed by atoms with van der Waals surface area (Å²) in [7, 11) is 0. The lowest BCUT2D eigenvalue weighted by Gasteiger charge is -2.32. The van der Waals surface area contributed by atoms with Crippen LogP contribution >= 0.6 is 39.3 Å². The Kier molecular flexibility index (Phi) is 7.85. The van der Waals surface area contributed by atoms with Crippen LogP contribution in [-0.4, -0.2) is 33.7 Å². The molecule has 0 spiro atoms. The van der Waals surface area contributed by atoms with E-state index in [1.54, 1.807) is 17.0 Å². The quantitative estimate of drug-likeness (QED) is 0.397. The Hall–Kier alpha value is -2.61. The number of hydrogen-bond donors (Lipinski definition) is 1. The number of benzene rings is 3. The van der Waals surface area contributed by atoms with E-state index >= 15 is 0 Å². The predicted molar refractivity (Wildman–Crippen MR) is 139 cm³/mol. The molecule has 0 radical (unpaired) electrons. The summed E-state index contributed by atoms with van der Waals surface area (Å²) in [5, 5.41) is 3.38. The molecule has 1 N–H and O–H groups in total. The maximum absolute atomic E-state index is 13.1. The van der Waals surface area contributed by atoms with E-state index in [0.717, 1.165) is 10.0 Å². The Morgan fingerprint density at radius 1 is 1.09 bits per heavy atom. The summed E-state index contributed by atoms with van der Waals surface area (Å²) >= 11 is 10.8. The first-order valence-electron chi connectivity index (χ1n) is 10.4. The van der Waals surface area contributed by atoms with Crippen LogP contribution in [0.1, 0.15) is 12.0 Å². The Morgan fingerprint density at radius 2 is 1.88 bits per heavy atom. The van der Waals surface area contributed by atoms with Gasteiger partial charge in [0.1, 0.15) is 5.25 Å². The molecule has 0 bridgehead atoms. The number of thioether (sulfide) groups is 1. The number of halogens is 2. The molecule has 1 atom stereocenters. The third-order valence-electron chi connectivity index (χ3n) is 5.02. The van der Waals surface area contributed by atoms with Gasteiger partial charge in [0.05, 0.1) is 5.69 Å². The standard InChI is InChI=1S/C25H21BrClN3O2S/c26-18-8-4-10-20(14-18)28-24(32)22-16-23(31)30(13-12-17-6-2-1-3-7-17)25(33-22)29-21-11-5-9-19(27)15-21/h1-11,14-15,22H,12-13,16H2,(H,28,32). The number of carbonyl (C=O) groups excluding carboxylic acids is 2. The average Bonchev–Trinajstić information content (AvgIpc) is 2.79. The summed E-state index contributed by atoms with van der Waals surface area (Å²) in [4.78, 5) is 32.4. The third kappa shape index (κ3) is 6.47. The Bertz CT molecular complexity index is 1190. The van der Waals surface area contributed by atoms with Crippen LogP contribution in [0.5, 0.6) is 0 Å². The molecule has 8 heteroatoms. The SMILES string of the molecule is O=C(Nc1cccc(Br)c1)C1CC(=O)N(CCc2ccccc2)C(=Nc2cccc(Cl)c2)S1. The molecule has 1 aliphatic rings. The number of amidine groups is 1. The van der Waals surface area contributed by atoms with E-state index in [4.69, 9.17) is 11.6 Å². The van der Waals surface area contributed by atoms with Gasteiger partial charge in [0.25, 0.3) is 0 Å². The van der Waals surface area contributed by atoms with Crippen molar-refractivity contribution in [2.75, 3.05) is 11.9 Å². The number of rotatable bonds is 6. The highest BCUT2D eigenvalue weighted by molar-refractivity contribution is 9.10. The summed E-state index contributed by atoms with van der Waals surface area (Å²) in [6, 6.07) is 24.5. The first-order chi connectivity index (χ1) is 16.0. The lowest BCUT2D eigenvalue weighted by molar-refractivity contribution is -0.129. The number of amides is 2. The van der Waals surface area contributed by atoms with Crippen molar-refractivity contribution >= 4 is 67.6 Å². The summed E-state index contributed by atoms with van der Waals surface area (Å²) in [5.41, 5.74) is 2.43. The fourth-order valence-electron chi connectivity index (χ4n) is 3.39. The van der Waals surface area contributed by atoms with Crippen LogP contribution in [0.3, 0.4) is 0 Å². The second kappa shape index (κ2) is 11.0. The molecule has 1 fully saturated rings. The maximum atomic E-state index is 13.1. The maximum Gasteiger partial charge on any atom is 0.238 e. The van der Waals surface area contributed by atoms with E-state index in [-0.39, 0.29) is 18.2 Å². The van der Waals surface area contributed by atoms with Crippen molar-refractivity contribution in [2.24, 2.45) is 4.99 Å². The summed E-state index contributed by atoms with van der Waals surface area (Å²) in [6.07, 6.45) is 0.796. The van der Waals surface area contributed by atoms with Crippen LogP contribution in [0, 0.1) is 0 Å². The van der Waals surface area contributed by atoms with Crippen molar-refractivity contribution < 1.29 is 9.59 Å². The molecule has 5 nitrogen and oxygen atoms in total. The smallest absolute Gasteiger partial charge is 0.238 e. The number of aliphatic imine (C=N–C) groups is 1. The topological polar surface area (TPSA) is 61.8 Å². The van der Waals surface area contributed by atoms with Crippen molar-refractivity contribution in [2.45, 2.75) is 18.1 Å². The minimum absolute atomic E-state index is 0.105. The largest absolute Gasteiger partial charge is 0.325 e. The lowest BCUT2D eigenvalue weighted by atomic mass is 10.1. The number of anilines is 1.